The van der Waals surface area contributed by atoms with Gasteiger partial charge in [0.05, 0.1) is 18.2 Å². The lowest BCUT2D eigenvalue weighted by Gasteiger charge is -2.27. The fourth-order valence-electron chi connectivity index (χ4n) is 3.16. The van der Waals surface area contributed by atoms with Crippen LogP contribution in [0.15, 0.2) is 84.0 Å². The molecule has 2 amide bonds. The van der Waals surface area contributed by atoms with Gasteiger partial charge in [0.2, 0.25) is 10.0 Å². The van der Waals surface area contributed by atoms with Crippen LogP contribution in [-0.4, -0.2) is 45.4 Å². The van der Waals surface area contributed by atoms with E-state index in [1.165, 1.54) is 13.1 Å². The van der Waals surface area contributed by atoms with Gasteiger partial charge >= 0.3 is 0 Å². The van der Waals surface area contributed by atoms with Crippen molar-refractivity contribution in [3.63, 3.8) is 0 Å². The number of rotatable bonds is 11. The van der Waals surface area contributed by atoms with Crippen LogP contribution in [0.5, 0.6) is 17.2 Å². The van der Waals surface area contributed by atoms with Gasteiger partial charge in [0.1, 0.15) is 23.3 Å². The van der Waals surface area contributed by atoms with E-state index in [0.29, 0.717) is 28.5 Å². The lowest BCUT2D eigenvalue weighted by Crippen LogP contribution is -2.46. The summed E-state index contributed by atoms with van der Waals surface area (Å²) in [5.74, 6) is 0.405. The number of nitrogens with two attached hydrogens (primary N) is 1. The Balaban J connectivity index is 1.65. The fraction of sp³-hybridized carbons (Fsp3) is 0.160. The van der Waals surface area contributed by atoms with Crippen LogP contribution >= 0.6 is 0 Å². The number of benzene rings is 3. The molecule has 3 aromatic carbocycles. The van der Waals surface area contributed by atoms with Crippen molar-refractivity contribution in [2.45, 2.75) is 13.0 Å². The summed E-state index contributed by atoms with van der Waals surface area (Å²) in [6.45, 7) is 1.23. The van der Waals surface area contributed by atoms with Crippen LogP contribution < -0.4 is 24.9 Å². The predicted molar refractivity (Wildman–Crippen MR) is 137 cm³/mol. The number of sulfonamides is 1. The molecule has 0 radical (unpaired) electrons. The molecular formula is C25H26N4O6S. The predicted octanol–water partition coefficient (Wildman–Crippen LogP) is 2.65. The van der Waals surface area contributed by atoms with E-state index in [1.54, 1.807) is 60.7 Å². The van der Waals surface area contributed by atoms with Crippen LogP contribution in [0, 0.1) is 0 Å². The van der Waals surface area contributed by atoms with Crippen molar-refractivity contribution < 1.29 is 27.5 Å². The number of hydrogen-bond donors (Lipinski definition) is 2. The van der Waals surface area contributed by atoms with Crippen molar-refractivity contribution in [2.75, 3.05) is 17.2 Å². The Kier molecular flexibility index (Phi) is 8.63. The normalized spacial score (nSPS) is 12.1. The van der Waals surface area contributed by atoms with Gasteiger partial charge in [-0.05, 0) is 73.2 Å². The first-order chi connectivity index (χ1) is 17.1. The van der Waals surface area contributed by atoms with Gasteiger partial charge in [-0.15, -0.1) is 0 Å². The van der Waals surface area contributed by atoms with E-state index >= 15 is 0 Å². The molecule has 1 atom stereocenters. The van der Waals surface area contributed by atoms with Gasteiger partial charge in [0.15, 0.2) is 6.61 Å². The van der Waals surface area contributed by atoms with Crippen LogP contribution in [0.4, 0.5) is 5.69 Å². The number of primary amides is 1. The second-order valence-electron chi connectivity index (χ2n) is 7.70. The summed E-state index contributed by atoms with van der Waals surface area (Å²) in [5.41, 5.74) is 8.34. The highest BCUT2D eigenvalue weighted by Crippen LogP contribution is 2.27. The summed E-state index contributed by atoms with van der Waals surface area (Å²) in [5, 5.41) is 3.90. The Bertz CT molecular complexity index is 1310. The van der Waals surface area contributed by atoms with E-state index in [4.69, 9.17) is 15.2 Å². The Morgan fingerprint density at radius 1 is 0.972 bits per heavy atom. The molecular weight excluding hydrogens is 484 g/mol. The van der Waals surface area contributed by atoms with Crippen LogP contribution in [0.25, 0.3) is 0 Å². The summed E-state index contributed by atoms with van der Waals surface area (Å²) in [4.78, 5) is 23.5. The molecule has 0 bridgehead atoms. The average molecular weight is 511 g/mol. The minimum atomic E-state index is -3.79. The standard InChI is InChI=1S/C25H26N4O6S/c1-18(25(31)28-27-16-19-8-12-21(13-9-19)34-17-24(26)30)29(36(2,32)33)20-10-14-23(15-11-20)35-22-6-4-3-5-7-22/h3-16,18H,17H2,1-2H3,(H2,26,30)(H,28,31)/b27-16-/t18-/m1/s1. The molecule has 0 aliphatic carbocycles. The largest absolute Gasteiger partial charge is 0.484 e. The molecule has 11 heteroatoms. The quantitative estimate of drug-likeness (QED) is 0.300. The molecule has 3 rings (SSSR count). The molecule has 3 N–H and O–H groups in total. The van der Waals surface area contributed by atoms with Gasteiger partial charge in [-0.25, -0.2) is 13.8 Å². The molecule has 0 fully saturated rings. The zero-order valence-electron chi connectivity index (χ0n) is 19.7. The maximum atomic E-state index is 12.7. The molecule has 0 saturated carbocycles. The molecule has 10 nitrogen and oxygen atoms in total. The number of carbonyl (C=O) groups excluding carboxylic acids is 2. The van der Waals surface area contributed by atoms with Gasteiger partial charge in [-0.3, -0.25) is 13.9 Å². The SMILES string of the molecule is C[C@H](C(=O)N/N=C\c1ccc(OCC(N)=O)cc1)N(c1ccc(Oc2ccccc2)cc1)S(C)(=O)=O. The van der Waals surface area contributed by atoms with Crippen molar-refractivity contribution in [1.82, 2.24) is 5.43 Å². The number of hydrazone groups is 1. The maximum Gasteiger partial charge on any atom is 0.263 e. The van der Waals surface area contributed by atoms with E-state index in [1.807, 2.05) is 18.2 Å². The summed E-state index contributed by atoms with van der Waals surface area (Å²) in [7, 11) is -3.79. The highest BCUT2D eigenvalue weighted by Gasteiger charge is 2.29. The Hall–Kier alpha value is -4.38. The number of para-hydroxylation sites is 1. The minimum Gasteiger partial charge on any atom is -0.484 e. The van der Waals surface area contributed by atoms with Crippen molar-refractivity contribution in [2.24, 2.45) is 10.8 Å². The van der Waals surface area contributed by atoms with E-state index in [-0.39, 0.29) is 6.61 Å². The summed E-state index contributed by atoms with van der Waals surface area (Å²) < 4.78 is 36.9. The molecule has 0 aromatic heterocycles. The lowest BCUT2D eigenvalue weighted by atomic mass is 10.2. The van der Waals surface area contributed by atoms with Gasteiger partial charge in [-0.2, -0.15) is 5.10 Å². The Morgan fingerprint density at radius 3 is 2.14 bits per heavy atom. The third kappa shape index (κ3) is 7.57. The smallest absolute Gasteiger partial charge is 0.263 e. The van der Waals surface area contributed by atoms with Crippen molar-refractivity contribution in [3.8, 4) is 17.2 Å². The third-order valence-electron chi connectivity index (χ3n) is 4.81. The molecule has 0 heterocycles. The number of hydrogen-bond acceptors (Lipinski definition) is 7. The number of amides is 2. The second kappa shape index (κ2) is 11.8. The molecule has 3 aromatic rings. The van der Waals surface area contributed by atoms with Crippen LogP contribution in [0.3, 0.4) is 0 Å². The molecule has 0 aliphatic rings. The first kappa shape index (κ1) is 26.2. The molecule has 0 aliphatic heterocycles. The van der Waals surface area contributed by atoms with E-state index in [9.17, 15) is 18.0 Å². The summed E-state index contributed by atoms with van der Waals surface area (Å²) in [6, 6.07) is 21.0. The van der Waals surface area contributed by atoms with E-state index in [2.05, 4.69) is 10.5 Å². The number of anilines is 1. The van der Waals surface area contributed by atoms with Gasteiger partial charge in [0.25, 0.3) is 11.8 Å². The van der Waals surface area contributed by atoms with Crippen molar-refractivity contribution >= 4 is 33.7 Å². The van der Waals surface area contributed by atoms with Crippen molar-refractivity contribution in [3.05, 3.63) is 84.4 Å². The third-order valence-corrected chi connectivity index (χ3v) is 6.05. The highest BCUT2D eigenvalue weighted by atomic mass is 32.2. The zero-order valence-corrected chi connectivity index (χ0v) is 20.5. The van der Waals surface area contributed by atoms with Gasteiger partial charge in [0, 0.05) is 0 Å². The zero-order chi connectivity index (χ0) is 26.1. The fourth-order valence-corrected chi connectivity index (χ4v) is 4.34. The topological polar surface area (TPSA) is 140 Å². The lowest BCUT2D eigenvalue weighted by molar-refractivity contribution is -0.122. The highest BCUT2D eigenvalue weighted by molar-refractivity contribution is 7.92. The summed E-state index contributed by atoms with van der Waals surface area (Å²) >= 11 is 0. The maximum absolute atomic E-state index is 12.7. The van der Waals surface area contributed by atoms with E-state index in [0.717, 1.165) is 10.6 Å². The summed E-state index contributed by atoms with van der Waals surface area (Å²) in [6.07, 6.45) is 2.42. The Morgan fingerprint density at radius 2 is 1.56 bits per heavy atom. The molecule has 0 unspecified atom stereocenters. The first-order valence-electron chi connectivity index (χ1n) is 10.8. The van der Waals surface area contributed by atoms with Crippen LogP contribution in [-0.2, 0) is 19.6 Å². The number of nitrogens with one attached hydrogen (secondary N) is 1. The second-order valence-corrected chi connectivity index (χ2v) is 9.56. The number of nitrogens with zero attached hydrogens (tertiary/aromatic N) is 2. The Labute approximate surface area is 209 Å². The molecule has 36 heavy (non-hydrogen) atoms. The van der Waals surface area contributed by atoms with Gasteiger partial charge in [-0.1, -0.05) is 18.2 Å². The first-order valence-corrected chi connectivity index (χ1v) is 12.6. The van der Waals surface area contributed by atoms with Crippen LogP contribution in [0.1, 0.15) is 12.5 Å². The minimum absolute atomic E-state index is 0.235. The molecule has 0 spiro atoms. The molecule has 0 saturated heterocycles. The average Bonchev–Trinajstić information content (AvgIpc) is 2.84. The number of carbonyl (C=O) groups is 2. The number of ether oxygens (including phenoxy) is 2. The van der Waals surface area contributed by atoms with Crippen molar-refractivity contribution in [1.29, 1.82) is 0 Å². The van der Waals surface area contributed by atoms with Gasteiger partial charge < -0.3 is 15.2 Å². The molecule has 188 valence electrons. The monoisotopic (exact) mass is 510 g/mol. The van der Waals surface area contributed by atoms with E-state index < -0.39 is 27.9 Å². The van der Waals surface area contributed by atoms with Crippen LogP contribution in [0.2, 0.25) is 0 Å².